The van der Waals surface area contributed by atoms with Gasteiger partial charge in [0.05, 0.1) is 6.61 Å². The van der Waals surface area contributed by atoms with Crippen molar-refractivity contribution in [2.24, 2.45) is 5.41 Å². The van der Waals surface area contributed by atoms with Gasteiger partial charge in [-0.1, -0.05) is 27.2 Å². The molecule has 1 unspecified atom stereocenters. The molecule has 0 aromatic heterocycles. The topological polar surface area (TPSA) is 63.6 Å². The molecule has 17 heavy (non-hydrogen) atoms. The summed E-state index contributed by atoms with van der Waals surface area (Å²) in [6.07, 6.45) is 4.88. The Balaban J connectivity index is 4.40. The van der Waals surface area contributed by atoms with Gasteiger partial charge < -0.3 is 9.84 Å². The number of allylic oxidation sites excluding steroid dienone is 1. The number of hydrogen-bond acceptors (Lipinski definition) is 4. The summed E-state index contributed by atoms with van der Waals surface area (Å²) in [5.74, 6) is -0.648. The lowest BCUT2D eigenvalue weighted by molar-refractivity contribution is -0.139. The van der Waals surface area contributed by atoms with Gasteiger partial charge in [-0.05, 0) is 18.9 Å². The highest BCUT2D eigenvalue weighted by Gasteiger charge is 2.27. The van der Waals surface area contributed by atoms with E-state index in [4.69, 9.17) is 5.11 Å². The molecule has 0 aliphatic carbocycles. The summed E-state index contributed by atoms with van der Waals surface area (Å²) in [4.78, 5) is 23.0. The second kappa shape index (κ2) is 8.01. The van der Waals surface area contributed by atoms with Crippen molar-refractivity contribution in [2.75, 3.05) is 13.2 Å². The summed E-state index contributed by atoms with van der Waals surface area (Å²) >= 11 is 0. The SMILES string of the molecule is CCCC(C)(CC)C(=O)/C=C\C(=O)OCCO. The van der Waals surface area contributed by atoms with Crippen LogP contribution in [0, 0.1) is 5.41 Å². The van der Waals surface area contributed by atoms with Crippen molar-refractivity contribution in [3.05, 3.63) is 12.2 Å². The Morgan fingerprint density at radius 2 is 1.94 bits per heavy atom. The predicted octanol–water partition coefficient (Wildman–Crippen LogP) is 1.86. The standard InChI is InChI=1S/C13H22O4/c1-4-8-13(3,5-2)11(15)6-7-12(16)17-10-9-14/h6-7,14H,4-5,8-10H2,1-3H3/b7-6-. The molecule has 4 heteroatoms. The Labute approximate surface area is 103 Å². The number of carbonyl (C=O) groups is 2. The number of aliphatic hydroxyl groups excluding tert-OH is 1. The lowest BCUT2D eigenvalue weighted by Crippen LogP contribution is -2.25. The van der Waals surface area contributed by atoms with Gasteiger partial charge in [0.2, 0.25) is 0 Å². The van der Waals surface area contributed by atoms with Crippen molar-refractivity contribution < 1.29 is 19.4 Å². The first-order chi connectivity index (χ1) is 8.00. The number of aliphatic hydroxyl groups is 1. The van der Waals surface area contributed by atoms with E-state index >= 15 is 0 Å². The monoisotopic (exact) mass is 242 g/mol. The van der Waals surface area contributed by atoms with E-state index in [-0.39, 0.29) is 19.0 Å². The molecule has 0 aliphatic rings. The summed E-state index contributed by atoms with van der Waals surface area (Å²) in [6.45, 7) is 5.64. The van der Waals surface area contributed by atoms with E-state index in [1.165, 1.54) is 6.08 Å². The molecule has 0 spiro atoms. The van der Waals surface area contributed by atoms with E-state index in [1.807, 2.05) is 20.8 Å². The predicted molar refractivity (Wildman–Crippen MR) is 65.5 cm³/mol. The Morgan fingerprint density at radius 1 is 1.29 bits per heavy atom. The van der Waals surface area contributed by atoms with Crippen LogP contribution in [-0.4, -0.2) is 30.1 Å². The van der Waals surface area contributed by atoms with Crippen LogP contribution in [0.25, 0.3) is 0 Å². The van der Waals surface area contributed by atoms with Gasteiger partial charge >= 0.3 is 5.97 Å². The summed E-state index contributed by atoms with van der Waals surface area (Å²) in [6, 6.07) is 0. The fourth-order valence-corrected chi connectivity index (χ4v) is 1.57. The molecule has 0 radical (unpaired) electrons. The van der Waals surface area contributed by atoms with Crippen LogP contribution in [0.5, 0.6) is 0 Å². The Bertz CT molecular complexity index is 283. The third-order valence-corrected chi connectivity index (χ3v) is 2.88. The van der Waals surface area contributed by atoms with Crippen molar-refractivity contribution in [3.8, 4) is 0 Å². The molecule has 98 valence electrons. The molecule has 0 rings (SSSR count). The molecule has 4 nitrogen and oxygen atoms in total. The highest BCUT2D eigenvalue weighted by atomic mass is 16.5. The first-order valence-corrected chi connectivity index (χ1v) is 6.00. The summed E-state index contributed by atoms with van der Waals surface area (Å²) in [5.41, 5.74) is -0.400. The minimum Gasteiger partial charge on any atom is -0.460 e. The number of esters is 1. The van der Waals surface area contributed by atoms with Gasteiger partial charge in [0.15, 0.2) is 5.78 Å². The van der Waals surface area contributed by atoms with Gasteiger partial charge in [0, 0.05) is 11.5 Å². The molecule has 1 atom stereocenters. The second-order valence-electron chi connectivity index (χ2n) is 4.25. The van der Waals surface area contributed by atoms with E-state index in [9.17, 15) is 9.59 Å². The van der Waals surface area contributed by atoms with Crippen LogP contribution in [0.4, 0.5) is 0 Å². The molecular formula is C13H22O4. The molecule has 0 saturated heterocycles. The zero-order valence-electron chi connectivity index (χ0n) is 10.9. The molecular weight excluding hydrogens is 220 g/mol. The number of carbonyl (C=O) groups excluding carboxylic acids is 2. The van der Waals surface area contributed by atoms with E-state index in [1.54, 1.807) is 0 Å². The zero-order valence-corrected chi connectivity index (χ0v) is 10.9. The Morgan fingerprint density at radius 3 is 2.41 bits per heavy atom. The van der Waals surface area contributed by atoms with Crippen molar-refractivity contribution in [1.29, 1.82) is 0 Å². The largest absolute Gasteiger partial charge is 0.460 e. The van der Waals surface area contributed by atoms with E-state index in [2.05, 4.69) is 4.74 Å². The van der Waals surface area contributed by atoms with E-state index in [0.29, 0.717) is 0 Å². The maximum Gasteiger partial charge on any atom is 0.330 e. The summed E-state index contributed by atoms with van der Waals surface area (Å²) in [5, 5.41) is 8.46. The number of rotatable bonds is 8. The molecule has 0 aromatic rings. The van der Waals surface area contributed by atoms with Crippen molar-refractivity contribution in [1.82, 2.24) is 0 Å². The molecule has 1 N–H and O–H groups in total. The van der Waals surface area contributed by atoms with Crippen molar-refractivity contribution >= 4 is 11.8 Å². The Kier molecular flexibility index (Phi) is 7.46. The van der Waals surface area contributed by atoms with Gasteiger partial charge in [-0.15, -0.1) is 0 Å². The van der Waals surface area contributed by atoms with Crippen LogP contribution < -0.4 is 0 Å². The third-order valence-electron chi connectivity index (χ3n) is 2.88. The first-order valence-electron chi connectivity index (χ1n) is 6.00. The number of hydrogen-bond donors (Lipinski definition) is 1. The van der Waals surface area contributed by atoms with Gasteiger partial charge in [0.1, 0.15) is 6.61 Å². The highest BCUT2D eigenvalue weighted by molar-refractivity contribution is 5.99. The molecule has 0 aromatic carbocycles. The fourth-order valence-electron chi connectivity index (χ4n) is 1.57. The average Bonchev–Trinajstić information content (AvgIpc) is 2.33. The molecule has 0 fully saturated rings. The van der Waals surface area contributed by atoms with Crippen LogP contribution in [0.2, 0.25) is 0 Å². The smallest absolute Gasteiger partial charge is 0.330 e. The van der Waals surface area contributed by atoms with Crippen LogP contribution >= 0.6 is 0 Å². The molecule has 0 bridgehead atoms. The molecule has 0 heterocycles. The van der Waals surface area contributed by atoms with E-state index < -0.39 is 11.4 Å². The second-order valence-corrected chi connectivity index (χ2v) is 4.25. The van der Waals surface area contributed by atoms with Crippen LogP contribution in [0.3, 0.4) is 0 Å². The van der Waals surface area contributed by atoms with Crippen LogP contribution in [0.15, 0.2) is 12.2 Å². The summed E-state index contributed by atoms with van der Waals surface area (Å²) < 4.78 is 4.62. The zero-order chi connectivity index (χ0) is 13.3. The number of ketones is 1. The van der Waals surface area contributed by atoms with Gasteiger partial charge in [-0.3, -0.25) is 4.79 Å². The Hall–Kier alpha value is -1.16. The van der Waals surface area contributed by atoms with Crippen LogP contribution in [0.1, 0.15) is 40.0 Å². The average molecular weight is 242 g/mol. The lowest BCUT2D eigenvalue weighted by Gasteiger charge is -2.24. The molecule has 0 saturated carbocycles. The van der Waals surface area contributed by atoms with Gasteiger partial charge in [0.25, 0.3) is 0 Å². The van der Waals surface area contributed by atoms with Crippen molar-refractivity contribution in [2.45, 2.75) is 40.0 Å². The quantitative estimate of drug-likeness (QED) is 0.521. The highest BCUT2D eigenvalue weighted by Crippen LogP contribution is 2.28. The minimum atomic E-state index is -0.595. The fraction of sp³-hybridized carbons (Fsp3) is 0.692. The normalized spacial score (nSPS) is 14.6. The number of ether oxygens (including phenoxy) is 1. The summed E-state index contributed by atoms with van der Waals surface area (Å²) in [7, 11) is 0. The molecule has 0 aliphatic heterocycles. The maximum absolute atomic E-state index is 11.9. The van der Waals surface area contributed by atoms with Crippen LogP contribution in [-0.2, 0) is 14.3 Å². The maximum atomic E-state index is 11.9. The van der Waals surface area contributed by atoms with Gasteiger partial charge in [-0.25, -0.2) is 4.79 Å². The first kappa shape index (κ1) is 15.8. The molecule has 0 amide bonds. The third kappa shape index (κ3) is 5.63. The van der Waals surface area contributed by atoms with Gasteiger partial charge in [-0.2, -0.15) is 0 Å². The lowest BCUT2D eigenvalue weighted by atomic mass is 9.79. The van der Waals surface area contributed by atoms with E-state index in [0.717, 1.165) is 25.3 Å². The van der Waals surface area contributed by atoms with Crippen molar-refractivity contribution in [3.63, 3.8) is 0 Å². The minimum absolute atomic E-state index is 0.0443.